The molecule has 134 valence electrons. The van der Waals surface area contributed by atoms with Crippen LogP contribution in [0.25, 0.3) is 16.3 Å². The number of benzene rings is 1. The van der Waals surface area contributed by atoms with E-state index in [-0.39, 0.29) is 11.9 Å². The van der Waals surface area contributed by atoms with Crippen LogP contribution in [0.3, 0.4) is 0 Å². The minimum Gasteiger partial charge on any atom is -0.337 e. The summed E-state index contributed by atoms with van der Waals surface area (Å²) in [6, 6.07) is 16.2. The number of nitrogens with one attached hydrogen (secondary N) is 1. The number of para-hydroxylation sites is 1. The molecule has 0 aliphatic carbocycles. The van der Waals surface area contributed by atoms with E-state index in [0.29, 0.717) is 5.69 Å². The van der Waals surface area contributed by atoms with Crippen LogP contribution in [0, 0.1) is 0 Å². The molecule has 1 aliphatic rings. The molecular formula is C20H22N4OS. The molecule has 1 aliphatic heterocycles. The summed E-state index contributed by atoms with van der Waals surface area (Å²) in [5.41, 5.74) is 2.41. The third-order valence-electron chi connectivity index (χ3n) is 4.88. The van der Waals surface area contributed by atoms with Crippen LogP contribution in [0.4, 0.5) is 0 Å². The Morgan fingerprint density at radius 1 is 1.19 bits per heavy atom. The molecule has 26 heavy (non-hydrogen) atoms. The van der Waals surface area contributed by atoms with Crippen molar-refractivity contribution >= 4 is 17.2 Å². The number of carbonyl (C=O) groups is 1. The number of hydrogen-bond donors (Lipinski definition) is 1. The predicted molar refractivity (Wildman–Crippen MR) is 105 cm³/mol. The Morgan fingerprint density at radius 3 is 2.65 bits per heavy atom. The molecule has 1 amide bonds. The number of amides is 1. The fourth-order valence-electron chi connectivity index (χ4n) is 3.39. The molecule has 3 aromatic rings. The molecule has 1 aromatic carbocycles. The van der Waals surface area contributed by atoms with Crippen molar-refractivity contribution in [2.45, 2.75) is 18.9 Å². The van der Waals surface area contributed by atoms with Crippen LogP contribution >= 0.6 is 11.3 Å². The molecule has 1 N–H and O–H groups in total. The van der Waals surface area contributed by atoms with E-state index in [0.717, 1.165) is 42.2 Å². The second-order valence-corrected chi connectivity index (χ2v) is 7.48. The second-order valence-electron chi connectivity index (χ2n) is 6.54. The maximum Gasteiger partial charge on any atom is 0.274 e. The predicted octanol–water partition coefficient (Wildman–Crippen LogP) is 3.42. The lowest BCUT2D eigenvalue weighted by molar-refractivity contribution is 0.0697. The highest BCUT2D eigenvalue weighted by Gasteiger charge is 2.26. The first kappa shape index (κ1) is 17.0. The number of hydrogen-bond acceptors (Lipinski definition) is 4. The highest BCUT2D eigenvalue weighted by molar-refractivity contribution is 7.13. The number of nitrogens with zero attached hydrogens (tertiary/aromatic N) is 3. The van der Waals surface area contributed by atoms with Gasteiger partial charge in [0.25, 0.3) is 5.91 Å². The molecule has 3 heterocycles. The fourth-order valence-corrected chi connectivity index (χ4v) is 4.12. The van der Waals surface area contributed by atoms with Crippen LogP contribution in [0.1, 0.15) is 23.3 Å². The Kier molecular flexibility index (Phi) is 4.86. The van der Waals surface area contributed by atoms with E-state index in [2.05, 4.69) is 16.5 Å². The molecule has 0 atom stereocenters. The van der Waals surface area contributed by atoms with Gasteiger partial charge in [0.2, 0.25) is 0 Å². The first-order chi connectivity index (χ1) is 12.7. The van der Waals surface area contributed by atoms with Gasteiger partial charge >= 0.3 is 0 Å². The molecule has 6 heteroatoms. The Hall–Kier alpha value is -2.44. The maximum atomic E-state index is 13.0. The van der Waals surface area contributed by atoms with Crippen LogP contribution in [0.5, 0.6) is 0 Å². The number of piperidine rings is 1. The zero-order valence-corrected chi connectivity index (χ0v) is 15.6. The van der Waals surface area contributed by atoms with E-state index in [1.54, 1.807) is 11.3 Å². The smallest absolute Gasteiger partial charge is 0.274 e. The van der Waals surface area contributed by atoms with Crippen molar-refractivity contribution in [1.82, 2.24) is 20.0 Å². The molecular weight excluding hydrogens is 344 g/mol. The SMILES string of the molecule is CN(C(=O)c1cc(-c2cccs2)n(-c2ccccc2)n1)C1CCNCC1. The zero-order chi connectivity index (χ0) is 17.9. The van der Waals surface area contributed by atoms with E-state index in [9.17, 15) is 4.79 Å². The highest BCUT2D eigenvalue weighted by Crippen LogP contribution is 2.28. The number of thiophene rings is 1. The highest BCUT2D eigenvalue weighted by atomic mass is 32.1. The molecule has 1 fully saturated rings. The Morgan fingerprint density at radius 2 is 1.96 bits per heavy atom. The molecule has 1 saturated heterocycles. The van der Waals surface area contributed by atoms with Crippen molar-refractivity contribution in [2.75, 3.05) is 20.1 Å². The summed E-state index contributed by atoms with van der Waals surface area (Å²) >= 11 is 1.65. The van der Waals surface area contributed by atoms with E-state index in [1.165, 1.54) is 0 Å². The van der Waals surface area contributed by atoms with E-state index in [4.69, 9.17) is 0 Å². The van der Waals surface area contributed by atoms with Crippen molar-refractivity contribution in [2.24, 2.45) is 0 Å². The summed E-state index contributed by atoms with van der Waals surface area (Å²) < 4.78 is 1.87. The number of carbonyl (C=O) groups excluding carboxylic acids is 1. The summed E-state index contributed by atoms with van der Waals surface area (Å²) in [7, 11) is 1.89. The molecule has 0 spiro atoms. The van der Waals surface area contributed by atoms with Gasteiger partial charge in [-0.3, -0.25) is 4.79 Å². The first-order valence-electron chi connectivity index (χ1n) is 8.91. The lowest BCUT2D eigenvalue weighted by Gasteiger charge is -2.31. The standard InChI is InChI=1S/C20H22N4OS/c1-23(15-9-11-21-12-10-15)20(25)17-14-18(19-8-5-13-26-19)24(22-17)16-6-3-2-4-7-16/h2-8,13-15,21H,9-12H2,1H3. The number of rotatable bonds is 4. The van der Waals surface area contributed by atoms with E-state index >= 15 is 0 Å². The van der Waals surface area contributed by atoms with Crippen molar-refractivity contribution < 1.29 is 4.79 Å². The fraction of sp³-hybridized carbons (Fsp3) is 0.300. The van der Waals surface area contributed by atoms with Crippen LogP contribution in [-0.2, 0) is 0 Å². The van der Waals surface area contributed by atoms with Crippen LogP contribution in [0.15, 0.2) is 53.9 Å². The third-order valence-corrected chi connectivity index (χ3v) is 5.77. The van der Waals surface area contributed by atoms with Gasteiger partial charge in [0.1, 0.15) is 0 Å². The third kappa shape index (κ3) is 3.30. The average Bonchev–Trinajstić information content (AvgIpc) is 3.38. The van der Waals surface area contributed by atoms with Crippen molar-refractivity contribution in [1.29, 1.82) is 0 Å². The van der Waals surface area contributed by atoms with Gasteiger partial charge in [-0.05, 0) is 55.6 Å². The molecule has 2 aromatic heterocycles. The Labute approximate surface area is 157 Å². The van der Waals surface area contributed by atoms with Gasteiger partial charge in [-0.15, -0.1) is 11.3 Å². The van der Waals surface area contributed by atoms with Gasteiger partial charge < -0.3 is 10.2 Å². The van der Waals surface area contributed by atoms with Crippen molar-refractivity contribution in [3.8, 4) is 16.3 Å². The van der Waals surface area contributed by atoms with Crippen LogP contribution < -0.4 is 5.32 Å². The molecule has 0 unspecified atom stereocenters. The van der Waals surface area contributed by atoms with E-state index in [1.807, 2.05) is 64.5 Å². The van der Waals surface area contributed by atoms with E-state index < -0.39 is 0 Å². The van der Waals surface area contributed by atoms with Crippen molar-refractivity contribution in [3.63, 3.8) is 0 Å². The van der Waals surface area contributed by atoms with Crippen LogP contribution in [0.2, 0.25) is 0 Å². The summed E-state index contributed by atoms with van der Waals surface area (Å²) in [6.07, 6.45) is 1.97. The van der Waals surface area contributed by atoms with Gasteiger partial charge in [0.05, 0.1) is 16.3 Å². The minimum atomic E-state index is -0.00983. The molecule has 0 radical (unpaired) electrons. The minimum absolute atomic E-state index is 0.00983. The summed E-state index contributed by atoms with van der Waals surface area (Å²) in [5.74, 6) is -0.00983. The normalized spacial score (nSPS) is 15.1. The van der Waals surface area contributed by atoms with Gasteiger partial charge in [0, 0.05) is 13.1 Å². The summed E-state index contributed by atoms with van der Waals surface area (Å²) in [5, 5.41) is 10.1. The molecule has 0 bridgehead atoms. The number of aromatic nitrogens is 2. The van der Waals surface area contributed by atoms with Gasteiger partial charge in [0.15, 0.2) is 5.69 Å². The maximum absolute atomic E-state index is 13.0. The lowest BCUT2D eigenvalue weighted by atomic mass is 10.1. The summed E-state index contributed by atoms with van der Waals surface area (Å²) in [6.45, 7) is 1.92. The topological polar surface area (TPSA) is 50.2 Å². The second kappa shape index (κ2) is 7.43. The van der Waals surface area contributed by atoms with Gasteiger partial charge in [-0.1, -0.05) is 24.3 Å². The molecule has 0 saturated carbocycles. The summed E-state index contributed by atoms with van der Waals surface area (Å²) in [4.78, 5) is 16.0. The molecule has 5 nitrogen and oxygen atoms in total. The Balaban J connectivity index is 1.70. The van der Waals surface area contributed by atoms with Crippen molar-refractivity contribution in [3.05, 3.63) is 59.6 Å². The molecule has 4 rings (SSSR count). The van der Waals surface area contributed by atoms with Gasteiger partial charge in [-0.25, -0.2) is 4.68 Å². The lowest BCUT2D eigenvalue weighted by Crippen LogP contribution is -2.44. The quantitative estimate of drug-likeness (QED) is 0.770. The zero-order valence-electron chi connectivity index (χ0n) is 14.8. The average molecular weight is 366 g/mol. The first-order valence-corrected chi connectivity index (χ1v) is 9.79. The monoisotopic (exact) mass is 366 g/mol. The largest absolute Gasteiger partial charge is 0.337 e. The van der Waals surface area contributed by atoms with Crippen LogP contribution in [-0.4, -0.2) is 46.8 Å². The van der Waals surface area contributed by atoms with Gasteiger partial charge in [-0.2, -0.15) is 5.10 Å². The Bertz CT molecular complexity index is 867.